The Morgan fingerprint density at radius 1 is 1.24 bits per heavy atom. The second-order valence-corrected chi connectivity index (χ2v) is 9.16. The first-order chi connectivity index (χ1) is 11.7. The summed E-state index contributed by atoms with van der Waals surface area (Å²) in [6.45, 7) is 0. The van der Waals surface area contributed by atoms with Gasteiger partial charge in [0.05, 0.1) is 16.0 Å². The molecule has 0 aliphatic carbocycles. The Bertz CT molecular complexity index is 1050. The largest absolute Gasteiger partial charge is 0.383 e. The third-order valence-corrected chi connectivity index (χ3v) is 6.01. The number of sulfone groups is 1. The molecule has 6 nitrogen and oxygen atoms in total. The zero-order chi connectivity index (χ0) is 18.2. The summed E-state index contributed by atoms with van der Waals surface area (Å²) in [5.74, 6) is -0.0614. The maximum Gasteiger partial charge on any atom is 0.251 e. The number of anilines is 1. The number of primary amides is 1. The van der Waals surface area contributed by atoms with E-state index in [1.54, 1.807) is 0 Å². The molecule has 4 N–H and O–H groups in total. The molecule has 1 amide bonds. The van der Waals surface area contributed by atoms with Gasteiger partial charge in [0.2, 0.25) is 0 Å². The first kappa shape index (κ1) is 17.4. The van der Waals surface area contributed by atoms with E-state index in [4.69, 9.17) is 11.5 Å². The van der Waals surface area contributed by atoms with Gasteiger partial charge in [-0.2, -0.15) is 0 Å². The molecular formula is C17H17N3O3S2. The Morgan fingerprint density at radius 3 is 2.52 bits per heavy atom. The number of carbonyl (C=O) groups is 1. The van der Waals surface area contributed by atoms with Crippen LogP contribution < -0.4 is 11.5 Å². The van der Waals surface area contributed by atoms with Gasteiger partial charge in [0, 0.05) is 22.7 Å². The van der Waals surface area contributed by atoms with Crippen molar-refractivity contribution in [2.24, 2.45) is 5.73 Å². The van der Waals surface area contributed by atoms with Crippen LogP contribution in [0, 0.1) is 0 Å². The van der Waals surface area contributed by atoms with Crippen LogP contribution in [0.5, 0.6) is 0 Å². The molecule has 0 saturated carbocycles. The number of rotatable bonds is 5. The molecule has 0 aliphatic rings. The van der Waals surface area contributed by atoms with Crippen LogP contribution in [0.15, 0.2) is 36.5 Å². The zero-order valence-electron chi connectivity index (χ0n) is 13.5. The zero-order valence-corrected chi connectivity index (χ0v) is 15.2. The lowest BCUT2D eigenvalue weighted by atomic mass is 10.1. The Kier molecular flexibility index (Phi) is 4.49. The topological polar surface area (TPSA) is 116 Å². The highest BCUT2D eigenvalue weighted by molar-refractivity contribution is 7.90. The fraction of sp³-hybridized carbons (Fsp3) is 0.176. The van der Waals surface area contributed by atoms with Crippen LogP contribution in [0.2, 0.25) is 0 Å². The quantitative estimate of drug-likeness (QED) is 0.709. The molecule has 0 saturated heterocycles. The lowest BCUT2D eigenvalue weighted by Gasteiger charge is -2.02. The highest BCUT2D eigenvalue weighted by atomic mass is 32.2. The Hall–Kier alpha value is -2.45. The standard InChI is InChI=1S/C17H17N3O3S2/c1-25(22,23)7-6-10-2-4-11(5-3-10)14-8-12-15(24-14)13(17(19)21)9-20-16(12)18/h2-5,8-9H,6-7H2,1H3,(H2,18,20)(H2,19,21). The second kappa shape index (κ2) is 6.45. The average Bonchev–Trinajstić information content (AvgIpc) is 2.99. The fourth-order valence-corrected chi connectivity index (χ4v) is 4.29. The Morgan fingerprint density at radius 2 is 1.92 bits per heavy atom. The van der Waals surface area contributed by atoms with E-state index in [1.807, 2.05) is 30.3 Å². The Balaban J connectivity index is 1.95. The summed E-state index contributed by atoms with van der Waals surface area (Å²) in [5.41, 5.74) is 13.6. The molecule has 0 unspecified atom stereocenters. The third kappa shape index (κ3) is 3.80. The van der Waals surface area contributed by atoms with Crippen LogP contribution in [0.1, 0.15) is 15.9 Å². The SMILES string of the molecule is CS(=O)(=O)CCc1ccc(-c2cc3c(N)ncc(C(N)=O)c3s2)cc1. The number of benzene rings is 1. The number of carbonyl (C=O) groups excluding carboxylic acids is 1. The molecule has 0 fully saturated rings. The summed E-state index contributed by atoms with van der Waals surface area (Å²) in [4.78, 5) is 16.5. The van der Waals surface area contributed by atoms with E-state index < -0.39 is 15.7 Å². The van der Waals surface area contributed by atoms with Gasteiger partial charge < -0.3 is 11.5 Å². The molecule has 3 rings (SSSR count). The number of thiophene rings is 1. The highest BCUT2D eigenvalue weighted by Crippen LogP contribution is 2.37. The molecule has 8 heteroatoms. The van der Waals surface area contributed by atoms with Crippen molar-refractivity contribution in [3.63, 3.8) is 0 Å². The molecule has 2 heterocycles. The summed E-state index contributed by atoms with van der Waals surface area (Å²) in [7, 11) is -2.98. The van der Waals surface area contributed by atoms with Crippen molar-refractivity contribution in [1.82, 2.24) is 4.98 Å². The van der Waals surface area contributed by atoms with E-state index in [0.29, 0.717) is 23.2 Å². The summed E-state index contributed by atoms with van der Waals surface area (Å²) in [5, 5.41) is 0.706. The third-order valence-electron chi connectivity index (χ3n) is 3.85. The number of amides is 1. The van der Waals surface area contributed by atoms with Gasteiger partial charge in [-0.3, -0.25) is 4.79 Å². The van der Waals surface area contributed by atoms with E-state index in [1.165, 1.54) is 23.8 Å². The summed E-state index contributed by atoms with van der Waals surface area (Å²) in [6, 6.07) is 9.55. The minimum absolute atomic E-state index is 0.124. The number of hydrogen-bond acceptors (Lipinski definition) is 6. The first-order valence-electron chi connectivity index (χ1n) is 7.49. The minimum atomic E-state index is -2.98. The van der Waals surface area contributed by atoms with Gasteiger partial charge in [0.25, 0.3) is 5.91 Å². The number of hydrogen-bond donors (Lipinski definition) is 2. The van der Waals surface area contributed by atoms with Crippen molar-refractivity contribution in [3.8, 4) is 10.4 Å². The fourth-order valence-electron chi connectivity index (χ4n) is 2.50. The second-order valence-electron chi connectivity index (χ2n) is 5.85. The summed E-state index contributed by atoms with van der Waals surface area (Å²) in [6.07, 6.45) is 3.11. The van der Waals surface area contributed by atoms with Crippen LogP contribution in [-0.4, -0.2) is 31.3 Å². The molecule has 1 aromatic carbocycles. The first-order valence-corrected chi connectivity index (χ1v) is 10.4. The van der Waals surface area contributed by atoms with Gasteiger partial charge in [0.15, 0.2) is 0 Å². The predicted octanol–water partition coefficient (Wildman–Crippen LogP) is 2.23. The summed E-state index contributed by atoms with van der Waals surface area (Å²) >= 11 is 1.43. The van der Waals surface area contributed by atoms with E-state index >= 15 is 0 Å². The molecule has 0 bridgehead atoms. The van der Waals surface area contributed by atoms with Gasteiger partial charge in [-0.25, -0.2) is 13.4 Å². The van der Waals surface area contributed by atoms with Crippen LogP contribution in [0.25, 0.3) is 20.5 Å². The van der Waals surface area contributed by atoms with Crippen LogP contribution in [-0.2, 0) is 16.3 Å². The van der Waals surface area contributed by atoms with Gasteiger partial charge in [-0.15, -0.1) is 11.3 Å². The van der Waals surface area contributed by atoms with Crippen molar-refractivity contribution >= 4 is 43.0 Å². The van der Waals surface area contributed by atoms with E-state index in [0.717, 1.165) is 20.7 Å². The van der Waals surface area contributed by atoms with Crippen LogP contribution in [0.3, 0.4) is 0 Å². The van der Waals surface area contributed by atoms with Crippen molar-refractivity contribution in [3.05, 3.63) is 47.7 Å². The molecule has 25 heavy (non-hydrogen) atoms. The molecule has 130 valence electrons. The molecule has 0 spiro atoms. The molecule has 3 aromatic rings. The lowest BCUT2D eigenvalue weighted by molar-refractivity contribution is 0.100. The van der Waals surface area contributed by atoms with Crippen molar-refractivity contribution in [1.29, 1.82) is 0 Å². The van der Waals surface area contributed by atoms with Crippen LogP contribution >= 0.6 is 11.3 Å². The number of nitrogens with two attached hydrogens (primary N) is 2. The number of fused-ring (bicyclic) bond motifs is 1. The normalized spacial score (nSPS) is 11.7. The van der Waals surface area contributed by atoms with E-state index in [9.17, 15) is 13.2 Å². The van der Waals surface area contributed by atoms with Crippen molar-refractivity contribution < 1.29 is 13.2 Å². The van der Waals surface area contributed by atoms with Crippen molar-refractivity contribution in [2.75, 3.05) is 17.7 Å². The lowest BCUT2D eigenvalue weighted by Crippen LogP contribution is -2.11. The minimum Gasteiger partial charge on any atom is -0.383 e. The maximum atomic E-state index is 11.6. The van der Waals surface area contributed by atoms with Gasteiger partial charge in [-0.1, -0.05) is 24.3 Å². The number of nitrogens with zero attached hydrogens (tertiary/aromatic N) is 1. The number of pyridine rings is 1. The van der Waals surface area contributed by atoms with E-state index in [-0.39, 0.29) is 5.75 Å². The Labute approximate surface area is 149 Å². The van der Waals surface area contributed by atoms with Gasteiger partial charge >= 0.3 is 0 Å². The number of aryl methyl sites for hydroxylation is 1. The molecule has 2 aromatic heterocycles. The van der Waals surface area contributed by atoms with Crippen molar-refractivity contribution in [2.45, 2.75) is 6.42 Å². The van der Waals surface area contributed by atoms with Gasteiger partial charge in [0.1, 0.15) is 15.7 Å². The smallest absolute Gasteiger partial charge is 0.251 e. The van der Waals surface area contributed by atoms with E-state index in [2.05, 4.69) is 4.98 Å². The number of aromatic nitrogens is 1. The monoisotopic (exact) mass is 375 g/mol. The van der Waals surface area contributed by atoms with Crippen LogP contribution in [0.4, 0.5) is 5.82 Å². The molecule has 0 radical (unpaired) electrons. The molecule has 0 atom stereocenters. The average molecular weight is 375 g/mol. The molecule has 0 aliphatic heterocycles. The van der Waals surface area contributed by atoms with Gasteiger partial charge in [-0.05, 0) is 23.6 Å². The molecular weight excluding hydrogens is 358 g/mol. The summed E-state index contributed by atoms with van der Waals surface area (Å²) < 4.78 is 23.2. The maximum absolute atomic E-state index is 11.6. The predicted molar refractivity (Wildman–Crippen MR) is 101 cm³/mol. The number of nitrogen functional groups attached to an aromatic ring is 1. The highest BCUT2D eigenvalue weighted by Gasteiger charge is 2.14.